The van der Waals surface area contributed by atoms with Gasteiger partial charge >= 0.3 is 0 Å². The summed E-state index contributed by atoms with van der Waals surface area (Å²) in [5.41, 5.74) is 3.55. The number of hydrogen-bond acceptors (Lipinski definition) is 2. The molecule has 2 fully saturated rings. The molecule has 0 spiro atoms. The number of likely N-dealkylation sites (tertiary alicyclic amines) is 1. The molecule has 3 atom stereocenters. The third-order valence-corrected chi connectivity index (χ3v) is 4.72. The molecule has 1 aliphatic carbocycles. The van der Waals surface area contributed by atoms with Gasteiger partial charge in [-0.25, -0.2) is 0 Å². The fourth-order valence-electron chi connectivity index (χ4n) is 3.69. The molecule has 1 aromatic carbocycles. The van der Waals surface area contributed by atoms with Crippen LogP contribution in [0.1, 0.15) is 42.1 Å². The van der Waals surface area contributed by atoms with Crippen molar-refractivity contribution in [3.8, 4) is 0 Å². The molecule has 2 aliphatic rings. The minimum absolute atomic E-state index is 0.329. The van der Waals surface area contributed by atoms with Crippen LogP contribution in [0.3, 0.4) is 0 Å². The number of nitrogens with zero attached hydrogens (tertiary/aromatic N) is 1. The highest BCUT2D eigenvalue weighted by Gasteiger charge is 2.38. The average Bonchev–Trinajstić information content (AvgIpc) is 2.94. The molecular weight excluding hydrogens is 222 g/mol. The van der Waals surface area contributed by atoms with Crippen LogP contribution in [0, 0.1) is 19.8 Å². The van der Waals surface area contributed by atoms with Gasteiger partial charge in [-0.1, -0.05) is 23.8 Å². The molecule has 1 heterocycles. The van der Waals surface area contributed by atoms with Crippen LogP contribution in [0.5, 0.6) is 0 Å². The molecule has 2 heteroatoms. The van der Waals surface area contributed by atoms with Gasteiger partial charge in [-0.15, -0.1) is 0 Å². The monoisotopic (exact) mass is 245 g/mol. The average molecular weight is 245 g/mol. The van der Waals surface area contributed by atoms with E-state index in [0.717, 1.165) is 24.1 Å². The molecule has 0 aromatic heterocycles. The first-order chi connectivity index (χ1) is 8.63. The molecular formula is C16H23NO. The van der Waals surface area contributed by atoms with Gasteiger partial charge in [0.05, 0.1) is 6.10 Å². The van der Waals surface area contributed by atoms with Crippen molar-refractivity contribution in [3.63, 3.8) is 0 Å². The van der Waals surface area contributed by atoms with Gasteiger partial charge in [-0.3, -0.25) is 4.90 Å². The Morgan fingerprint density at radius 3 is 2.83 bits per heavy atom. The summed E-state index contributed by atoms with van der Waals surface area (Å²) in [4.78, 5) is 2.50. The fourth-order valence-corrected chi connectivity index (χ4v) is 3.69. The minimum Gasteiger partial charge on any atom is -0.387 e. The summed E-state index contributed by atoms with van der Waals surface area (Å²) < 4.78 is 0. The van der Waals surface area contributed by atoms with E-state index in [9.17, 15) is 5.11 Å². The summed E-state index contributed by atoms with van der Waals surface area (Å²) in [5.74, 6) is 0.904. The molecule has 98 valence electrons. The highest BCUT2D eigenvalue weighted by Crippen LogP contribution is 2.38. The van der Waals surface area contributed by atoms with Crippen molar-refractivity contribution in [2.45, 2.75) is 45.3 Å². The van der Waals surface area contributed by atoms with E-state index >= 15 is 0 Å². The van der Waals surface area contributed by atoms with E-state index in [1.54, 1.807) is 0 Å². The summed E-state index contributed by atoms with van der Waals surface area (Å²) in [6.07, 6.45) is 3.77. The third kappa shape index (κ3) is 2.19. The van der Waals surface area contributed by atoms with Crippen LogP contribution < -0.4 is 0 Å². The molecule has 18 heavy (non-hydrogen) atoms. The minimum atomic E-state index is -0.329. The second kappa shape index (κ2) is 4.67. The zero-order chi connectivity index (χ0) is 12.7. The van der Waals surface area contributed by atoms with Crippen LogP contribution in [0.4, 0.5) is 0 Å². The van der Waals surface area contributed by atoms with Gasteiger partial charge in [-0.2, -0.15) is 0 Å². The van der Waals surface area contributed by atoms with Crippen LogP contribution >= 0.6 is 0 Å². The Balaban J connectivity index is 1.71. The Morgan fingerprint density at radius 1 is 1.33 bits per heavy atom. The van der Waals surface area contributed by atoms with Crippen molar-refractivity contribution < 1.29 is 5.11 Å². The Morgan fingerprint density at radius 2 is 2.17 bits per heavy atom. The Hall–Kier alpha value is -0.860. The smallest absolute Gasteiger partial charge is 0.0919 e. The standard InChI is InChI=1S/C16H23NO/c1-11-3-4-12(2)15(7-11)16(18)10-17-9-13-5-6-14(17)8-13/h3-4,7,13-14,16,18H,5-6,8-10H2,1-2H3. The van der Waals surface area contributed by atoms with E-state index in [2.05, 4.69) is 36.9 Å². The number of hydrogen-bond donors (Lipinski definition) is 1. The van der Waals surface area contributed by atoms with E-state index in [-0.39, 0.29) is 6.10 Å². The highest BCUT2D eigenvalue weighted by molar-refractivity contribution is 5.32. The van der Waals surface area contributed by atoms with Crippen molar-refractivity contribution >= 4 is 0 Å². The number of aliphatic hydroxyl groups excluding tert-OH is 1. The van der Waals surface area contributed by atoms with Gasteiger partial charge < -0.3 is 5.11 Å². The highest BCUT2D eigenvalue weighted by atomic mass is 16.3. The van der Waals surface area contributed by atoms with Gasteiger partial charge in [0.2, 0.25) is 0 Å². The van der Waals surface area contributed by atoms with E-state index in [4.69, 9.17) is 0 Å². The normalized spacial score (nSPS) is 28.8. The lowest BCUT2D eigenvalue weighted by atomic mass is 10.00. The predicted molar refractivity (Wildman–Crippen MR) is 73.6 cm³/mol. The van der Waals surface area contributed by atoms with Crippen LogP contribution in [0.2, 0.25) is 0 Å². The largest absolute Gasteiger partial charge is 0.387 e. The van der Waals surface area contributed by atoms with Gasteiger partial charge in [0.1, 0.15) is 0 Å². The maximum atomic E-state index is 10.5. The summed E-state index contributed by atoms with van der Waals surface area (Å²) in [6.45, 7) is 6.19. The predicted octanol–water partition coefficient (Wildman–Crippen LogP) is 2.82. The van der Waals surface area contributed by atoms with Gasteiger partial charge in [0.15, 0.2) is 0 Å². The number of piperidine rings is 1. The van der Waals surface area contributed by atoms with Crippen molar-refractivity contribution in [2.24, 2.45) is 5.92 Å². The number of rotatable bonds is 3. The molecule has 1 N–H and O–H groups in total. The quantitative estimate of drug-likeness (QED) is 0.885. The maximum absolute atomic E-state index is 10.5. The zero-order valence-electron chi connectivity index (χ0n) is 11.4. The van der Waals surface area contributed by atoms with Crippen molar-refractivity contribution in [1.29, 1.82) is 0 Å². The molecule has 2 nitrogen and oxygen atoms in total. The lowest BCUT2D eigenvalue weighted by Crippen LogP contribution is -2.35. The Kier molecular flexibility index (Phi) is 3.16. The van der Waals surface area contributed by atoms with Gasteiger partial charge in [0, 0.05) is 19.1 Å². The first-order valence-corrected chi connectivity index (χ1v) is 7.13. The molecule has 1 saturated carbocycles. The van der Waals surface area contributed by atoms with Gasteiger partial charge in [0.25, 0.3) is 0 Å². The molecule has 2 bridgehead atoms. The molecule has 3 rings (SSSR count). The fraction of sp³-hybridized carbons (Fsp3) is 0.625. The third-order valence-electron chi connectivity index (χ3n) is 4.72. The molecule has 0 radical (unpaired) electrons. The molecule has 1 saturated heterocycles. The maximum Gasteiger partial charge on any atom is 0.0919 e. The summed E-state index contributed by atoms with van der Waals surface area (Å²) in [5, 5.41) is 10.5. The molecule has 3 unspecified atom stereocenters. The molecule has 1 aliphatic heterocycles. The number of β-amino-alcohol motifs (C(OH)–C–C–N with tert-alkyl or cyclic N) is 1. The topological polar surface area (TPSA) is 23.5 Å². The summed E-state index contributed by atoms with van der Waals surface area (Å²) >= 11 is 0. The summed E-state index contributed by atoms with van der Waals surface area (Å²) in [6, 6.07) is 7.11. The second-order valence-electron chi connectivity index (χ2n) is 6.16. The Labute approximate surface area is 110 Å². The SMILES string of the molecule is Cc1ccc(C)c(C(O)CN2CC3CCC2C3)c1. The number of aryl methyl sites for hydroxylation is 2. The molecule has 1 aromatic rings. The van der Waals surface area contributed by atoms with Crippen molar-refractivity contribution in [3.05, 3.63) is 34.9 Å². The Bertz CT molecular complexity index is 443. The van der Waals surface area contributed by atoms with Crippen molar-refractivity contribution in [2.75, 3.05) is 13.1 Å². The second-order valence-corrected chi connectivity index (χ2v) is 6.16. The van der Waals surface area contributed by atoms with Crippen molar-refractivity contribution in [1.82, 2.24) is 4.90 Å². The van der Waals surface area contributed by atoms with Crippen LogP contribution in [0.15, 0.2) is 18.2 Å². The van der Waals surface area contributed by atoms with Crippen LogP contribution in [-0.4, -0.2) is 29.1 Å². The lowest BCUT2D eigenvalue weighted by Gasteiger charge is -2.29. The molecule has 0 amide bonds. The van der Waals surface area contributed by atoms with E-state index in [0.29, 0.717) is 0 Å². The number of benzene rings is 1. The van der Waals surface area contributed by atoms with Crippen LogP contribution in [0.25, 0.3) is 0 Å². The summed E-state index contributed by atoms with van der Waals surface area (Å²) in [7, 11) is 0. The van der Waals surface area contributed by atoms with Gasteiger partial charge in [-0.05, 0) is 50.2 Å². The zero-order valence-corrected chi connectivity index (χ0v) is 11.4. The van der Waals surface area contributed by atoms with E-state index in [1.807, 2.05) is 0 Å². The lowest BCUT2D eigenvalue weighted by molar-refractivity contribution is 0.0942. The number of aliphatic hydroxyl groups is 1. The first kappa shape index (κ1) is 12.2. The number of fused-ring (bicyclic) bond motifs is 2. The van der Waals surface area contributed by atoms with Crippen LogP contribution in [-0.2, 0) is 0 Å². The van der Waals surface area contributed by atoms with E-state index in [1.165, 1.54) is 36.9 Å². The first-order valence-electron chi connectivity index (χ1n) is 7.13. The van der Waals surface area contributed by atoms with E-state index < -0.39 is 0 Å².